The topological polar surface area (TPSA) is 80.9 Å². The number of aromatic nitrogens is 2. The smallest absolute Gasteiger partial charge is 0.258 e. The lowest BCUT2D eigenvalue weighted by Gasteiger charge is -2.06. The largest absolute Gasteiger partial charge is 0.397 e. The molecule has 0 spiro atoms. The number of nitrogen functional groups attached to an aromatic ring is 1. The number of carbonyl (C=O) groups excluding carboxylic acids is 1. The van der Waals surface area contributed by atoms with E-state index in [0.29, 0.717) is 17.1 Å². The molecule has 0 atom stereocenters. The van der Waals surface area contributed by atoms with Crippen LogP contribution in [0.5, 0.6) is 0 Å². The van der Waals surface area contributed by atoms with Gasteiger partial charge in [0.15, 0.2) is 0 Å². The van der Waals surface area contributed by atoms with Crippen molar-refractivity contribution in [2.45, 2.75) is 6.92 Å². The number of carbonyl (C=O) groups is 1. The first-order chi connectivity index (χ1) is 8.56. The lowest BCUT2D eigenvalue weighted by atomic mass is 10.2. The lowest BCUT2D eigenvalue weighted by Crippen LogP contribution is -2.13. The Morgan fingerprint density at radius 2 is 2.11 bits per heavy atom. The van der Waals surface area contributed by atoms with Gasteiger partial charge in [0.25, 0.3) is 5.91 Å². The van der Waals surface area contributed by atoms with Crippen LogP contribution in [-0.4, -0.2) is 15.9 Å². The number of nitrogens with two attached hydrogens (primary N) is 1. The summed E-state index contributed by atoms with van der Waals surface area (Å²) >= 11 is 3.26. The predicted molar refractivity (Wildman–Crippen MR) is 73.3 cm³/mol. The van der Waals surface area contributed by atoms with E-state index in [2.05, 4.69) is 31.2 Å². The molecular weight excluding hydrogens is 296 g/mol. The average Bonchev–Trinajstić information content (AvgIpc) is 2.34. The molecule has 2 heterocycles. The molecule has 0 bridgehead atoms. The maximum Gasteiger partial charge on any atom is 0.258 e. The summed E-state index contributed by atoms with van der Waals surface area (Å²) in [5.74, 6) is 0.201. The van der Waals surface area contributed by atoms with Crippen LogP contribution in [0.2, 0.25) is 0 Å². The quantitative estimate of drug-likeness (QED) is 0.892. The molecule has 0 saturated heterocycles. The van der Waals surface area contributed by atoms with E-state index < -0.39 is 0 Å². The fraction of sp³-hybridized carbons (Fsp3) is 0.0833. The van der Waals surface area contributed by atoms with Gasteiger partial charge in [0, 0.05) is 16.9 Å². The Morgan fingerprint density at radius 3 is 2.78 bits per heavy atom. The minimum atomic E-state index is -0.263. The zero-order valence-corrected chi connectivity index (χ0v) is 11.2. The van der Waals surface area contributed by atoms with Gasteiger partial charge < -0.3 is 11.1 Å². The van der Waals surface area contributed by atoms with Crippen molar-refractivity contribution >= 4 is 33.3 Å². The second kappa shape index (κ2) is 5.14. The zero-order chi connectivity index (χ0) is 13.1. The fourth-order valence-corrected chi connectivity index (χ4v) is 1.72. The molecule has 0 aliphatic carbocycles. The number of nitrogens with zero attached hydrogens (tertiary/aromatic N) is 2. The van der Waals surface area contributed by atoms with Crippen LogP contribution in [0.3, 0.4) is 0 Å². The van der Waals surface area contributed by atoms with Crippen LogP contribution in [0.15, 0.2) is 35.2 Å². The van der Waals surface area contributed by atoms with Crippen LogP contribution in [-0.2, 0) is 0 Å². The molecule has 0 aliphatic heterocycles. The van der Waals surface area contributed by atoms with Crippen molar-refractivity contribution in [3.8, 4) is 0 Å². The highest BCUT2D eigenvalue weighted by Gasteiger charge is 2.08. The molecule has 2 aromatic rings. The summed E-state index contributed by atoms with van der Waals surface area (Å²) in [6.45, 7) is 1.85. The van der Waals surface area contributed by atoms with Gasteiger partial charge in [-0.2, -0.15) is 0 Å². The highest BCUT2D eigenvalue weighted by Crippen LogP contribution is 2.15. The Balaban J connectivity index is 2.18. The number of pyridine rings is 2. The summed E-state index contributed by atoms with van der Waals surface area (Å²) in [5.41, 5.74) is 7.58. The van der Waals surface area contributed by atoms with E-state index in [1.165, 1.54) is 12.4 Å². The molecule has 5 nitrogen and oxygen atoms in total. The Hall–Kier alpha value is -1.95. The van der Waals surface area contributed by atoms with Crippen molar-refractivity contribution < 1.29 is 4.79 Å². The summed E-state index contributed by atoms with van der Waals surface area (Å²) in [4.78, 5) is 19.9. The fourth-order valence-electron chi connectivity index (χ4n) is 1.36. The van der Waals surface area contributed by atoms with Crippen LogP contribution in [0, 0.1) is 6.92 Å². The van der Waals surface area contributed by atoms with Crippen molar-refractivity contribution in [3.05, 3.63) is 46.3 Å². The van der Waals surface area contributed by atoms with Gasteiger partial charge in [0.05, 0.1) is 17.4 Å². The number of aryl methyl sites for hydroxylation is 1. The third-order valence-corrected chi connectivity index (χ3v) is 2.79. The Bertz CT molecular complexity index is 600. The van der Waals surface area contributed by atoms with Crippen LogP contribution >= 0.6 is 15.9 Å². The number of rotatable bonds is 2. The number of amides is 1. The summed E-state index contributed by atoms with van der Waals surface area (Å²) < 4.78 is 0.747. The van der Waals surface area contributed by atoms with E-state index in [4.69, 9.17) is 5.73 Å². The van der Waals surface area contributed by atoms with Crippen molar-refractivity contribution in [1.82, 2.24) is 9.97 Å². The third-order valence-electron chi connectivity index (χ3n) is 2.36. The van der Waals surface area contributed by atoms with Gasteiger partial charge in [-0.15, -0.1) is 0 Å². The van der Waals surface area contributed by atoms with Gasteiger partial charge in [-0.1, -0.05) is 0 Å². The van der Waals surface area contributed by atoms with E-state index in [0.717, 1.165) is 10.0 Å². The number of hydrogen-bond donors (Lipinski definition) is 2. The first-order valence-electron chi connectivity index (χ1n) is 5.20. The van der Waals surface area contributed by atoms with Gasteiger partial charge in [-0.25, -0.2) is 4.98 Å². The molecule has 0 radical (unpaired) electrons. The van der Waals surface area contributed by atoms with Crippen LogP contribution in [0.1, 0.15) is 15.9 Å². The van der Waals surface area contributed by atoms with Crippen LogP contribution in [0.25, 0.3) is 0 Å². The van der Waals surface area contributed by atoms with Crippen LogP contribution < -0.4 is 11.1 Å². The van der Waals surface area contributed by atoms with Gasteiger partial charge >= 0.3 is 0 Å². The number of halogens is 1. The van der Waals surface area contributed by atoms with E-state index >= 15 is 0 Å². The molecule has 18 heavy (non-hydrogen) atoms. The summed E-state index contributed by atoms with van der Waals surface area (Å²) in [6, 6.07) is 3.41. The first kappa shape index (κ1) is 12.5. The molecule has 1 amide bonds. The second-order valence-corrected chi connectivity index (χ2v) is 4.69. The van der Waals surface area contributed by atoms with Crippen molar-refractivity contribution in [2.24, 2.45) is 0 Å². The van der Waals surface area contributed by atoms with Crippen molar-refractivity contribution in [3.63, 3.8) is 0 Å². The van der Waals surface area contributed by atoms with Gasteiger partial charge in [-0.05, 0) is 40.5 Å². The van der Waals surface area contributed by atoms with Crippen molar-refractivity contribution in [1.29, 1.82) is 0 Å². The highest BCUT2D eigenvalue weighted by atomic mass is 79.9. The summed E-state index contributed by atoms with van der Waals surface area (Å²) in [7, 11) is 0. The molecular formula is C12H11BrN4O. The highest BCUT2D eigenvalue weighted by molar-refractivity contribution is 9.10. The normalized spacial score (nSPS) is 10.1. The molecule has 0 fully saturated rings. The second-order valence-electron chi connectivity index (χ2n) is 3.77. The van der Waals surface area contributed by atoms with Crippen molar-refractivity contribution in [2.75, 3.05) is 11.1 Å². The van der Waals surface area contributed by atoms with E-state index in [1.54, 1.807) is 18.3 Å². The standard InChI is InChI=1S/C12H11BrN4O/c1-7-2-11(16-6-10(7)14)17-12(18)8-3-9(13)5-15-4-8/h2-6H,14H2,1H3,(H,16,17,18). The number of anilines is 2. The molecule has 2 aromatic heterocycles. The number of nitrogens with one attached hydrogen (secondary N) is 1. The minimum Gasteiger partial charge on any atom is -0.397 e. The molecule has 2 rings (SSSR count). The molecule has 0 unspecified atom stereocenters. The maximum atomic E-state index is 11.9. The molecule has 3 N–H and O–H groups in total. The monoisotopic (exact) mass is 306 g/mol. The maximum absolute atomic E-state index is 11.9. The van der Waals surface area contributed by atoms with E-state index in [9.17, 15) is 4.79 Å². The molecule has 0 saturated carbocycles. The molecule has 6 heteroatoms. The Morgan fingerprint density at radius 1 is 1.33 bits per heavy atom. The SMILES string of the molecule is Cc1cc(NC(=O)c2cncc(Br)c2)ncc1N. The Labute approximate surface area is 113 Å². The molecule has 0 aliphatic rings. The van der Waals surface area contributed by atoms with E-state index in [-0.39, 0.29) is 5.91 Å². The predicted octanol–water partition coefficient (Wildman–Crippen LogP) is 2.38. The van der Waals surface area contributed by atoms with Crippen LogP contribution in [0.4, 0.5) is 11.5 Å². The van der Waals surface area contributed by atoms with E-state index in [1.807, 2.05) is 6.92 Å². The van der Waals surface area contributed by atoms with Gasteiger partial charge in [0.2, 0.25) is 0 Å². The van der Waals surface area contributed by atoms with Gasteiger partial charge in [0.1, 0.15) is 5.82 Å². The lowest BCUT2D eigenvalue weighted by molar-refractivity contribution is 0.102. The third kappa shape index (κ3) is 2.84. The first-order valence-corrected chi connectivity index (χ1v) is 5.99. The summed E-state index contributed by atoms with van der Waals surface area (Å²) in [6.07, 6.45) is 4.62. The number of hydrogen-bond acceptors (Lipinski definition) is 4. The molecule has 92 valence electrons. The minimum absolute atomic E-state index is 0.263. The Kier molecular flexibility index (Phi) is 3.57. The molecule has 0 aromatic carbocycles. The zero-order valence-electron chi connectivity index (χ0n) is 9.64. The average molecular weight is 307 g/mol. The van der Waals surface area contributed by atoms with Gasteiger partial charge in [-0.3, -0.25) is 9.78 Å². The summed E-state index contributed by atoms with van der Waals surface area (Å²) in [5, 5.41) is 2.69.